The molecule has 4 heterocycles. The molecule has 112 valence electrons. The fourth-order valence-corrected chi connectivity index (χ4v) is 4.94. The lowest BCUT2D eigenvalue weighted by molar-refractivity contribution is -0.918. The van der Waals surface area contributed by atoms with E-state index in [9.17, 15) is 5.11 Å². The van der Waals surface area contributed by atoms with Crippen LogP contribution in [0.1, 0.15) is 5.56 Å². The predicted molar refractivity (Wildman–Crippen MR) is 80.5 cm³/mol. The maximum atomic E-state index is 9.48. The minimum absolute atomic E-state index is 0.119. The van der Waals surface area contributed by atoms with Gasteiger partial charge in [0.15, 0.2) is 0 Å². The molecule has 1 aromatic carbocycles. The van der Waals surface area contributed by atoms with Gasteiger partial charge in [0.2, 0.25) is 0 Å². The largest absolute Gasteiger partial charge is 0.508 e. The first-order valence-corrected chi connectivity index (χ1v) is 7.92. The first-order valence-electron chi connectivity index (χ1n) is 7.92. The summed E-state index contributed by atoms with van der Waals surface area (Å²) in [7, 11) is 0. The van der Waals surface area contributed by atoms with Gasteiger partial charge in [-0.3, -0.25) is 0 Å². The molecule has 0 amide bonds. The topological polar surface area (TPSA) is 67.5 Å². The molecule has 4 aliphatic rings. The number of aromatic hydroxyl groups is 1. The lowest BCUT2D eigenvalue weighted by Crippen LogP contribution is -3.17. The molecule has 1 aromatic rings. The van der Waals surface area contributed by atoms with Crippen LogP contribution in [0.3, 0.4) is 0 Å². The van der Waals surface area contributed by atoms with Crippen LogP contribution in [0.25, 0.3) is 0 Å². The minimum atomic E-state index is 0.119. The second-order valence-corrected chi connectivity index (χ2v) is 7.10. The zero-order valence-electron chi connectivity index (χ0n) is 12.3. The summed E-state index contributed by atoms with van der Waals surface area (Å²) in [5.74, 6) is 6.69. The number of nitrogens with zero attached hydrogens (tertiary/aromatic N) is 1. The summed E-state index contributed by atoms with van der Waals surface area (Å²) >= 11 is 0. The zero-order valence-corrected chi connectivity index (χ0v) is 12.3. The third kappa shape index (κ3) is 2.12. The number of nitrogens with two attached hydrogens (primary N) is 1. The molecule has 5 rings (SSSR count). The average molecular weight is 288 g/mol. The van der Waals surface area contributed by atoms with Gasteiger partial charge in [-0.25, -0.2) is 0 Å². The Bertz CT molecular complexity index is 552. The van der Waals surface area contributed by atoms with Crippen LogP contribution in [0.2, 0.25) is 0 Å². The van der Waals surface area contributed by atoms with E-state index in [1.807, 2.05) is 12.1 Å². The van der Waals surface area contributed by atoms with E-state index >= 15 is 0 Å². The van der Waals surface area contributed by atoms with E-state index in [4.69, 9.17) is 5.84 Å². The number of benzene rings is 1. The van der Waals surface area contributed by atoms with Crippen LogP contribution in [0.15, 0.2) is 29.4 Å². The van der Waals surface area contributed by atoms with E-state index in [1.165, 1.54) is 37.5 Å². The monoisotopic (exact) mass is 288 g/mol. The molecule has 5 heteroatoms. The number of fused-ring (bicyclic) bond motifs is 1. The number of quaternary nitrogens is 2. The van der Waals surface area contributed by atoms with Crippen molar-refractivity contribution in [2.75, 3.05) is 39.3 Å². The van der Waals surface area contributed by atoms with Crippen LogP contribution < -0.4 is 15.6 Å². The van der Waals surface area contributed by atoms with Crippen LogP contribution >= 0.6 is 0 Å². The van der Waals surface area contributed by atoms with Gasteiger partial charge in [0.1, 0.15) is 24.3 Å². The second kappa shape index (κ2) is 4.71. The van der Waals surface area contributed by atoms with Crippen LogP contribution in [0.4, 0.5) is 0 Å². The third-order valence-corrected chi connectivity index (χ3v) is 5.63. The van der Waals surface area contributed by atoms with E-state index in [1.54, 1.807) is 21.9 Å². The number of phenols is 1. The van der Waals surface area contributed by atoms with Crippen molar-refractivity contribution in [1.82, 2.24) is 0 Å². The van der Waals surface area contributed by atoms with E-state index in [2.05, 4.69) is 5.10 Å². The van der Waals surface area contributed by atoms with Gasteiger partial charge in [-0.2, -0.15) is 5.10 Å². The van der Waals surface area contributed by atoms with Crippen molar-refractivity contribution in [1.29, 1.82) is 0 Å². The zero-order chi connectivity index (χ0) is 14.4. The summed E-state index contributed by atoms with van der Waals surface area (Å²) < 4.78 is 0. The lowest BCUT2D eigenvalue weighted by Gasteiger charge is -2.46. The highest BCUT2D eigenvalue weighted by Crippen LogP contribution is 2.31. The van der Waals surface area contributed by atoms with E-state index in [0.29, 0.717) is 11.7 Å². The number of hydrazone groups is 1. The van der Waals surface area contributed by atoms with Crippen molar-refractivity contribution >= 4 is 5.71 Å². The Morgan fingerprint density at radius 3 is 2.33 bits per heavy atom. The smallest absolute Gasteiger partial charge is 0.127 e. The molecule has 4 fully saturated rings. The third-order valence-electron chi connectivity index (χ3n) is 5.63. The molecule has 5 nitrogen and oxygen atoms in total. The van der Waals surface area contributed by atoms with E-state index < -0.39 is 0 Å². The van der Waals surface area contributed by atoms with Crippen molar-refractivity contribution in [3.63, 3.8) is 0 Å². The average Bonchev–Trinajstić information content (AvgIpc) is 2.69. The highest BCUT2D eigenvalue weighted by atomic mass is 16.3. The molecule has 2 atom stereocenters. The number of hydrogen-bond donors (Lipinski definition) is 4. The summed E-state index contributed by atoms with van der Waals surface area (Å²) in [5, 5.41) is 13.7. The molecule has 5 N–H and O–H groups in total. The van der Waals surface area contributed by atoms with Crippen molar-refractivity contribution in [3.8, 4) is 5.75 Å². The summed E-state index contributed by atoms with van der Waals surface area (Å²) in [6.45, 7) is 7.28. The number of nitrogens with one attached hydrogen (secondary N) is 2. The van der Waals surface area contributed by atoms with Crippen molar-refractivity contribution in [2.24, 2.45) is 22.3 Å². The highest BCUT2D eigenvalue weighted by molar-refractivity contribution is 5.93. The lowest BCUT2D eigenvalue weighted by atomic mass is 9.67. The van der Waals surface area contributed by atoms with Gasteiger partial charge in [0.05, 0.1) is 37.8 Å². The normalized spacial score (nSPS) is 39.6. The van der Waals surface area contributed by atoms with Crippen molar-refractivity contribution < 1.29 is 14.9 Å². The quantitative estimate of drug-likeness (QED) is 0.364. The summed E-state index contributed by atoms with van der Waals surface area (Å²) in [4.78, 5) is 3.44. The van der Waals surface area contributed by atoms with Crippen molar-refractivity contribution in [3.05, 3.63) is 29.8 Å². The van der Waals surface area contributed by atoms with E-state index in [-0.39, 0.29) is 5.41 Å². The Morgan fingerprint density at radius 2 is 1.76 bits per heavy atom. The molecule has 0 aliphatic carbocycles. The second-order valence-electron chi connectivity index (χ2n) is 7.10. The molecule has 0 spiro atoms. The molecule has 2 unspecified atom stereocenters. The Labute approximate surface area is 125 Å². The molecular formula is C16H24N4O+2. The molecule has 0 saturated carbocycles. The highest BCUT2D eigenvalue weighted by Gasteiger charge is 2.57. The summed E-state index contributed by atoms with van der Waals surface area (Å²) in [6, 6.07) is 7.63. The predicted octanol–water partition coefficient (Wildman–Crippen LogP) is -2.34. The molecule has 4 saturated heterocycles. The van der Waals surface area contributed by atoms with Crippen LogP contribution in [0.5, 0.6) is 5.75 Å². The van der Waals surface area contributed by atoms with Gasteiger partial charge in [-0.05, 0) is 24.1 Å². The number of piperidine rings is 2. The number of hydrogen-bond acceptors (Lipinski definition) is 3. The van der Waals surface area contributed by atoms with Crippen LogP contribution in [0, 0.1) is 11.3 Å². The van der Waals surface area contributed by atoms with Crippen LogP contribution in [-0.4, -0.2) is 50.1 Å². The fourth-order valence-electron chi connectivity index (χ4n) is 4.94. The Kier molecular flexibility index (Phi) is 2.94. The summed E-state index contributed by atoms with van der Waals surface area (Å²) in [5.41, 5.74) is 2.65. The van der Waals surface area contributed by atoms with Gasteiger partial charge in [-0.1, -0.05) is 12.1 Å². The number of phenolic OH excluding ortho intramolecular Hbond substituents is 1. The Hall–Kier alpha value is -1.59. The molecule has 21 heavy (non-hydrogen) atoms. The SMILES string of the molecule is N/N=C1\C2C[NH+]3CC[NH+](C2)CC1(Cc1ccc(O)cc1)C3. The van der Waals surface area contributed by atoms with Gasteiger partial charge in [-0.15, -0.1) is 0 Å². The Morgan fingerprint density at radius 1 is 1.14 bits per heavy atom. The summed E-state index contributed by atoms with van der Waals surface area (Å²) in [6.07, 6.45) is 0.993. The minimum Gasteiger partial charge on any atom is -0.508 e. The maximum Gasteiger partial charge on any atom is 0.127 e. The van der Waals surface area contributed by atoms with Gasteiger partial charge < -0.3 is 20.7 Å². The Balaban J connectivity index is 1.71. The molecule has 0 radical (unpaired) electrons. The van der Waals surface area contributed by atoms with Crippen molar-refractivity contribution in [2.45, 2.75) is 6.42 Å². The molecule has 4 aliphatic heterocycles. The molecular weight excluding hydrogens is 264 g/mol. The molecule has 4 bridgehead atoms. The van der Waals surface area contributed by atoms with E-state index in [0.717, 1.165) is 19.5 Å². The van der Waals surface area contributed by atoms with Crippen LogP contribution in [-0.2, 0) is 6.42 Å². The number of rotatable bonds is 2. The van der Waals surface area contributed by atoms with Gasteiger partial charge in [0, 0.05) is 0 Å². The maximum absolute atomic E-state index is 9.48. The van der Waals surface area contributed by atoms with Gasteiger partial charge >= 0.3 is 0 Å². The molecule has 0 aromatic heterocycles. The standard InChI is InChI=1S/C16H22N4O/c17-18-15-13-8-19-5-6-20(9-13)11-16(15,10-19)7-12-1-3-14(21)4-2-12/h1-4,13,21H,5-11,17H2/p+2/b18-15+. The van der Waals surface area contributed by atoms with Gasteiger partial charge in [0.25, 0.3) is 0 Å². The first kappa shape index (κ1) is 13.1. The fraction of sp³-hybridized carbons (Fsp3) is 0.562. The first-order chi connectivity index (χ1) is 10.2.